The van der Waals surface area contributed by atoms with E-state index in [0.717, 1.165) is 0 Å². The fourth-order valence-electron chi connectivity index (χ4n) is 0.967. The molecular weight excluding hydrogens is 176 g/mol. The second kappa shape index (κ2) is 2.60. The number of hydrogen-bond acceptors (Lipinski definition) is 3. The molecule has 1 atom stereocenters. The fourth-order valence-corrected chi connectivity index (χ4v) is 3.48. The third kappa shape index (κ3) is 2.03. The van der Waals surface area contributed by atoms with Gasteiger partial charge in [-0.1, -0.05) is 0 Å². The van der Waals surface area contributed by atoms with Crippen LogP contribution in [0.15, 0.2) is 0 Å². The van der Waals surface area contributed by atoms with Crippen molar-refractivity contribution in [1.82, 2.24) is 0 Å². The molecule has 60 valence electrons. The van der Waals surface area contributed by atoms with Gasteiger partial charge in [-0.25, -0.2) is 12.6 Å². The van der Waals surface area contributed by atoms with Crippen molar-refractivity contribution in [3.8, 4) is 0 Å². The van der Waals surface area contributed by atoms with E-state index in [0.29, 0.717) is 0 Å². The van der Waals surface area contributed by atoms with Gasteiger partial charge in [0, 0.05) is 5.92 Å². The lowest BCUT2D eigenvalue weighted by atomic mass is 10.2. The summed E-state index contributed by atoms with van der Waals surface area (Å²) in [5, 5.41) is 0. The molecule has 6 heteroatoms. The molecule has 1 N–H and O–H groups in total. The van der Waals surface area contributed by atoms with Crippen LogP contribution in [0.5, 0.6) is 0 Å². The highest BCUT2D eigenvalue weighted by atomic mass is 32.2. The molecule has 1 aliphatic heterocycles. The molecule has 1 heterocycles. The van der Waals surface area contributed by atoms with Crippen LogP contribution >= 0.6 is 0 Å². The minimum atomic E-state index is -2.82. The normalized spacial score (nSPS) is 27.3. The standard InChI is InChI=1S/C4H8O4S2/c5-9(6)1-4-2-10(7,8)3-4/h4H,1-3H2,(H,5,6). The summed E-state index contributed by atoms with van der Waals surface area (Å²) in [6, 6.07) is 0. The highest BCUT2D eigenvalue weighted by Crippen LogP contribution is 2.18. The predicted molar refractivity (Wildman–Crippen MR) is 37.8 cm³/mol. The Morgan fingerprint density at radius 2 is 2.00 bits per heavy atom. The molecular formula is C4H8O4S2. The van der Waals surface area contributed by atoms with Crippen molar-refractivity contribution in [2.45, 2.75) is 0 Å². The molecule has 0 aromatic carbocycles. The second-order valence-electron chi connectivity index (χ2n) is 2.43. The van der Waals surface area contributed by atoms with Gasteiger partial charge in [0.05, 0.1) is 17.3 Å². The zero-order valence-corrected chi connectivity index (χ0v) is 6.82. The van der Waals surface area contributed by atoms with Crippen molar-refractivity contribution >= 4 is 20.9 Å². The van der Waals surface area contributed by atoms with Gasteiger partial charge >= 0.3 is 0 Å². The molecule has 4 nitrogen and oxygen atoms in total. The van der Waals surface area contributed by atoms with Crippen molar-refractivity contribution in [1.29, 1.82) is 0 Å². The van der Waals surface area contributed by atoms with Gasteiger partial charge in [0.15, 0.2) is 20.9 Å². The SMILES string of the molecule is O=S(O)CC1CS(=O)(=O)C1. The molecule has 1 rings (SSSR count). The minimum absolute atomic E-state index is 0.0826. The molecule has 0 aliphatic carbocycles. The zero-order chi connectivity index (χ0) is 7.78. The van der Waals surface area contributed by atoms with Gasteiger partial charge in [0.1, 0.15) is 0 Å². The largest absolute Gasteiger partial charge is 0.306 e. The molecule has 0 bridgehead atoms. The average Bonchev–Trinajstić information content (AvgIpc) is 1.57. The van der Waals surface area contributed by atoms with Crippen LogP contribution in [0.2, 0.25) is 0 Å². The molecule has 0 saturated carbocycles. The van der Waals surface area contributed by atoms with Crippen molar-refractivity contribution in [3.63, 3.8) is 0 Å². The van der Waals surface area contributed by atoms with Crippen molar-refractivity contribution in [2.75, 3.05) is 17.3 Å². The Hall–Kier alpha value is 0.0600. The predicted octanol–water partition coefficient (Wildman–Crippen LogP) is -0.747. The Kier molecular flexibility index (Phi) is 2.12. The first-order chi connectivity index (χ1) is 4.49. The van der Waals surface area contributed by atoms with E-state index in [4.69, 9.17) is 4.55 Å². The Labute approximate surface area is 61.8 Å². The van der Waals surface area contributed by atoms with Gasteiger partial charge in [0.25, 0.3) is 0 Å². The van der Waals surface area contributed by atoms with Gasteiger partial charge in [-0.2, -0.15) is 0 Å². The minimum Gasteiger partial charge on any atom is -0.306 e. The highest BCUT2D eigenvalue weighted by molar-refractivity contribution is 7.92. The van der Waals surface area contributed by atoms with Gasteiger partial charge in [0.2, 0.25) is 0 Å². The first-order valence-electron chi connectivity index (χ1n) is 2.77. The number of rotatable bonds is 2. The van der Waals surface area contributed by atoms with Crippen LogP contribution in [0.3, 0.4) is 0 Å². The molecule has 0 radical (unpaired) electrons. The maximum Gasteiger partial charge on any atom is 0.153 e. The molecule has 10 heavy (non-hydrogen) atoms. The van der Waals surface area contributed by atoms with Gasteiger partial charge in [-0.05, 0) is 0 Å². The molecule has 0 spiro atoms. The summed E-state index contributed by atoms with van der Waals surface area (Å²) in [7, 11) is -2.82. The van der Waals surface area contributed by atoms with E-state index in [-0.39, 0.29) is 23.2 Å². The van der Waals surface area contributed by atoms with E-state index in [1.54, 1.807) is 0 Å². The Bertz CT molecular complexity index is 230. The van der Waals surface area contributed by atoms with Crippen molar-refractivity contribution < 1.29 is 17.2 Å². The molecule has 1 saturated heterocycles. The summed E-state index contributed by atoms with van der Waals surface area (Å²) in [4.78, 5) is 0. The van der Waals surface area contributed by atoms with Gasteiger partial charge in [-0.3, -0.25) is 0 Å². The summed E-state index contributed by atoms with van der Waals surface area (Å²) >= 11 is -1.84. The van der Waals surface area contributed by atoms with E-state index in [1.807, 2.05) is 0 Å². The van der Waals surface area contributed by atoms with Crippen LogP contribution in [0, 0.1) is 5.92 Å². The first kappa shape index (κ1) is 8.16. The van der Waals surface area contributed by atoms with E-state index in [1.165, 1.54) is 0 Å². The van der Waals surface area contributed by atoms with E-state index < -0.39 is 20.9 Å². The Morgan fingerprint density at radius 3 is 2.30 bits per heavy atom. The quantitative estimate of drug-likeness (QED) is 0.573. The Morgan fingerprint density at radius 1 is 1.50 bits per heavy atom. The van der Waals surface area contributed by atoms with E-state index in [9.17, 15) is 12.6 Å². The van der Waals surface area contributed by atoms with Crippen LogP contribution in [0.1, 0.15) is 0 Å². The lowest BCUT2D eigenvalue weighted by molar-refractivity contribution is 0.524. The third-order valence-electron chi connectivity index (χ3n) is 1.36. The summed E-state index contributed by atoms with van der Waals surface area (Å²) in [6.07, 6.45) is 0. The van der Waals surface area contributed by atoms with Gasteiger partial charge < -0.3 is 4.55 Å². The summed E-state index contributed by atoms with van der Waals surface area (Å²) < 4.78 is 39.5. The fraction of sp³-hybridized carbons (Fsp3) is 1.00. The Balaban J connectivity index is 2.34. The van der Waals surface area contributed by atoms with Crippen LogP contribution in [0.4, 0.5) is 0 Å². The maximum atomic E-state index is 10.5. The molecule has 1 unspecified atom stereocenters. The summed E-state index contributed by atoms with van der Waals surface area (Å²) in [5.41, 5.74) is 0. The second-order valence-corrected chi connectivity index (χ2v) is 5.56. The van der Waals surface area contributed by atoms with Crippen LogP contribution < -0.4 is 0 Å². The van der Waals surface area contributed by atoms with Crippen LogP contribution in [-0.2, 0) is 20.9 Å². The molecule has 1 aliphatic rings. The molecule has 0 aromatic rings. The molecule has 0 aromatic heterocycles. The third-order valence-corrected chi connectivity index (χ3v) is 4.07. The lowest BCUT2D eigenvalue weighted by Gasteiger charge is -2.23. The monoisotopic (exact) mass is 184 g/mol. The van der Waals surface area contributed by atoms with Crippen LogP contribution in [-0.4, -0.2) is 34.4 Å². The summed E-state index contributed by atoms with van der Waals surface area (Å²) in [6.45, 7) is 0. The van der Waals surface area contributed by atoms with Gasteiger partial charge in [-0.15, -0.1) is 0 Å². The lowest BCUT2D eigenvalue weighted by Crippen LogP contribution is -2.39. The molecule has 0 amide bonds. The average molecular weight is 184 g/mol. The van der Waals surface area contributed by atoms with Crippen molar-refractivity contribution in [3.05, 3.63) is 0 Å². The topological polar surface area (TPSA) is 71.4 Å². The molecule has 1 fully saturated rings. The first-order valence-corrected chi connectivity index (χ1v) is 5.87. The smallest absolute Gasteiger partial charge is 0.153 e. The van der Waals surface area contributed by atoms with Crippen molar-refractivity contribution in [2.24, 2.45) is 5.92 Å². The highest BCUT2D eigenvalue weighted by Gasteiger charge is 2.34. The zero-order valence-electron chi connectivity index (χ0n) is 5.19. The van der Waals surface area contributed by atoms with E-state index >= 15 is 0 Å². The number of sulfone groups is 1. The summed E-state index contributed by atoms with van der Waals surface area (Å²) in [5.74, 6) is 0.175. The van der Waals surface area contributed by atoms with Crippen LogP contribution in [0.25, 0.3) is 0 Å². The maximum absolute atomic E-state index is 10.5. The van der Waals surface area contributed by atoms with E-state index in [2.05, 4.69) is 0 Å². The number of hydrogen-bond donors (Lipinski definition) is 1.